The second-order valence-corrected chi connectivity index (χ2v) is 9.45. The SMILES string of the molecule is COC(=O)/C=C/c1ccc(-c2ccc(O)c(C3(C)CCCCCCCCCCC3)c2)cc1. The zero-order valence-corrected chi connectivity index (χ0v) is 19.7. The van der Waals surface area contributed by atoms with Gasteiger partial charge in [0.1, 0.15) is 5.75 Å². The summed E-state index contributed by atoms with van der Waals surface area (Å²) in [5.74, 6) is 0.0588. The number of carbonyl (C=O) groups excluding carboxylic acids is 1. The van der Waals surface area contributed by atoms with Crippen molar-refractivity contribution in [3.05, 3.63) is 59.7 Å². The molecule has 3 rings (SSSR count). The minimum atomic E-state index is -0.359. The molecule has 0 bridgehead atoms. The van der Waals surface area contributed by atoms with Crippen molar-refractivity contribution in [1.82, 2.24) is 0 Å². The van der Waals surface area contributed by atoms with Crippen LogP contribution in [-0.4, -0.2) is 18.2 Å². The van der Waals surface area contributed by atoms with Crippen molar-refractivity contribution < 1.29 is 14.6 Å². The van der Waals surface area contributed by atoms with Gasteiger partial charge in [0, 0.05) is 11.6 Å². The maximum absolute atomic E-state index is 11.3. The number of aromatic hydroxyl groups is 1. The Balaban J connectivity index is 1.82. The monoisotopic (exact) mass is 434 g/mol. The van der Waals surface area contributed by atoms with Crippen LogP contribution >= 0.6 is 0 Å². The molecule has 0 amide bonds. The van der Waals surface area contributed by atoms with Gasteiger partial charge in [-0.25, -0.2) is 4.79 Å². The molecule has 0 aromatic heterocycles. The highest BCUT2D eigenvalue weighted by Gasteiger charge is 2.29. The van der Waals surface area contributed by atoms with Crippen molar-refractivity contribution in [2.45, 2.75) is 83.0 Å². The molecule has 1 fully saturated rings. The van der Waals surface area contributed by atoms with E-state index in [0.717, 1.165) is 35.1 Å². The summed E-state index contributed by atoms with van der Waals surface area (Å²) in [5.41, 5.74) is 4.26. The Morgan fingerprint density at radius 2 is 1.38 bits per heavy atom. The van der Waals surface area contributed by atoms with Gasteiger partial charge in [-0.15, -0.1) is 0 Å². The Kier molecular flexibility index (Phi) is 8.96. The Labute approximate surface area is 193 Å². The summed E-state index contributed by atoms with van der Waals surface area (Å²) in [6, 6.07) is 14.2. The smallest absolute Gasteiger partial charge is 0.330 e. The van der Waals surface area contributed by atoms with Gasteiger partial charge in [0.15, 0.2) is 0 Å². The molecule has 0 heterocycles. The summed E-state index contributed by atoms with van der Waals surface area (Å²) < 4.78 is 4.65. The average molecular weight is 435 g/mol. The fourth-order valence-electron chi connectivity index (χ4n) is 4.88. The standard InChI is InChI=1S/C29H38O3/c1-29(20-10-8-6-4-3-5-7-9-11-21-29)26-22-25(17-18-27(26)30)24-15-12-23(13-16-24)14-19-28(31)32-2/h12-19,22,30H,3-11,20-21H2,1-2H3/b19-14+. The molecule has 2 aromatic rings. The number of benzene rings is 2. The number of carbonyl (C=O) groups is 1. The summed E-state index contributed by atoms with van der Waals surface area (Å²) in [5, 5.41) is 10.8. The molecule has 172 valence electrons. The number of hydrogen-bond acceptors (Lipinski definition) is 3. The van der Waals surface area contributed by atoms with Gasteiger partial charge in [0.05, 0.1) is 7.11 Å². The van der Waals surface area contributed by atoms with Gasteiger partial charge in [0.2, 0.25) is 0 Å². The Morgan fingerprint density at radius 3 is 1.94 bits per heavy atom. The zero-order chi connectivity index (χ0) is 22.8. The lowest BCUT2D eigenvalue weighted by atomic mass is 9.73. The van der Waals surface area contributed by atoms with Crippen molar-refractivity contribution in [1.29, 1.82) is 0 Å². The molecule has 1 saturated carbocycles. The summed E-state index contributed by atoms with van der Waals surface area (Å²) in [4.78, 5) is 11.3. The number of esters is 1. The molecule has 3 heteroatoms. The van der Waals surface area contributed by atoms with E-state index in [1.54, 1.807) is 6.08 Å². The van der Waals surface area contributed by atoms with Crippen molar-refractivity contribution in [3.8, 4) is 16.9 Å². The first-order valence-corrected chi connectivity index (χ1v) is 12.2. The minimum Gasteiger partial charge on any atom is -0.508 e. The van der Waals surface area contributed by atoms with E-state index in [2.05, 4.69) is 29.9 Å². The maximum atomic E-state index is 11.3. The van der Waals surface area contributed by atoms with Crippen molar-refractivity contribution in [3.63, 3.8) is 0 Å². The Bertz CT molecular complexity index is 883. The van der Waals surface area contributed by atoms with Gasteiger partial charge in [-0.05, 0) is 53.2 Å². The van der Waals surface area contributed by atoms with Gasteiger partial charge in [-0.3, -0.25) is 0 Å². The maximum Gasteiger partial charge on any atom is 0.330 e. The molecular weight excluding hydrogens is 396 g/mol. The number of rotatable bonds is 4. The van der Waals surface area contributed by atoms with Crippen LogP contribution in [0.1, 0.15) is 88.7 Å². The second kappa shape index (κ2) is 11.9. The van der Waals surface area contributed by atoms with Crippen molar-refractivity contribution in [2.75, 3.05) is 7.11 Å². The third-order valence-electron chi connectivity index (χ3n) is 6.96. The fraction of sp³-hybridized carbons (Fsp3) is 0.483. The first-order chi connectivity index (χ1) is 15.5. The van der Waals surface area contributed by atoms with E-state index < -0.39 is 0 Å². The third-order valence-corrected chi connectivity index (χ3v) is 6.96. The first-order valence-electron chi connectivity index (χ1n) is 12.2. The molecule has 3 nitrogen and oxygen atoms in total. The van der Waals surface area contributed by atoms with Crippen LogP contribution < -0.4 is 0 Å². The highest BCUT2D eigenvalue weighted by Crippen LogP contribution is 2.42. The van der Waals surface area contributed by atoms with Gasteiger partial charge in [0.25, 0.3) is 0 Å². The van der Waals surface area contributed by atoms with Gasteiger partial charge >= 0.3 is 5.97 Å². The minimum absolute atomic E-state index is 0.00246. The molecule has 2 aromatic carbocycles. The van der Waals surface area contributed by atoms with Gasteiger partial charge in [-0.1, -0.05) is 95.0 Å². The van der Waals surface area contributed by atoms with E-state index >= 15 is 0 Å². The van der Waals surface area contributed by atoms with E-state index in [1.165, 1.54) is 71.0 Å². The van der Waals surface area contributed by atoms with E-state index in [9.17, 15) is 9.90 Å². The van der Waals surface area contributed by atoms with E-state index in [-0.39, 0.29) is 11.4 Å². The summed E-state index contributed by atoms with van der Waals surface area (Å²) in [7, 11) is 1.38. The van der Waals surface area contributed by atoms with Crippen molar-refractivity contribution in [2.24, 2.45) is 0 Å². The number of hydrogen-bond donors (Lipinski definition) is 1. The van der Waals surface area contributed by atoms with E-state index in [4.69, 9.17) is 0 Å². The molecule has 0 atom stereocenters. The first kappa shape index (κ1) is 24.1. The number of phenolic OH excluding ortho intramolecular Hbond substituents is 1. The topological polar surface area (TPSA) is 46.5 Å². The van der Waals surface area contributed by atoms with Crippen LogP contribution in [0.3, 0.4) is 0 Å². The van der Waals surface area contributed by atoms with Crippen LogP contribution in [0, 0.1) is 0 Å². The van der Waals surface area contributed by atoms with Crippen LogP contribution in [0.15, 0.2) is 48.5 Å². The van der Waals surface area contributed by atoms with Crippen LogP contribution in [0.2, 0.25) is 0 Å². The number of phenols is 1. The molecule has 0 radical (unpaired) electrons. The molecule has 0 saturated heterocycles. The molecule has 32 heavy (non-hydrogen) atoms. The predicted octanol–water partition coefficient (Wildman–Crippen LogP) is 7.81. The highest BCUT2D eigenvalue weighted by molar-refractivity contribution is 5.87. The lowest BCUT2D eigenvalue weighted by Crippen LogP contribution is -2.22. The van der Waals surface area contributed by atoms with Gasteiger partial charge < -0.3 is 9.84 Å². The molecule has 1 N–H and O–H groups in total. The molecule has 0 aliphatic heterocycles. The summed E-state index contributed by atoms with van der Waals surface area (Å²) >= 11 is 0. The number of ether oxygens (including phenoxy) is 1. The van der Waals surface area contributed by atoms with Crippen LogP contribution in [-0.2, 0) is 14.9 Å². The molecule has 1 aliphatic carbocycles. The quantitative estimate of drug-likeness (QED) is 0.394. The van der Waals surface area contributed by atoms with Crippen molar-refractivity contribution >= 4 is 12.0 Å². The number of methoxy groups -OCH3 is 1. The average Bonchev–Trinajstić information content (AvgIpc) is 2.80. The Hall–Kier alpha value is -2.55. The largest absolute Gasteiger partial charge is 0.508 e. The molecule has 0 unspecified atom stereocenters. The van der Waals surface area contributed by atoms with Crippen LogP contribution in [0.25, 0.3) is 17.2 Å². The summed E-state index contributed by atoms with van der Waals surface area (Å²) in [6.07, 6.45) is 17.2. The fourth-order valence-corrected chi connectivity index (χ4v) is 4.88. The summed E-state index contributed by atoms with van der Waals surface area (Å²) in [6.45, 7) is 2.35. The van der Waals surface area contributed by atoms with Crippen LogP contribution in [0.5, 0.6) is 5.75 Å². The lowest BCUT2D eigenvalue weighted by Gasteiger charge is -2.32. The molecular formula is C29H38O3. The lowest BCUT2D eigenvalue weighted by molar-refractivity contribution is -0.134. The molecule has 1 aliphatic rings. The molecule has 0 spiro atoms. The van der Waals surface area contributed by atoms with E-state index in [0.29, 0.717) is 5.75 Å². The zero-order valence-electron chi connectivity index (χ0n) is 19.7. The van der Waals surface area contributed by atoms with Crippen LogP contribution in [0.4, 0.5) is 0 Å². The normalized spacial score (nSPS) is 17.9. The Morgan fingerprint density at radius 1 is 0.844 bits per heavy atom. The third kappa shape index (κ3) is 6.72. The van der Waals surface area contributed by atoms with Gasteiger partial charge in [-0.2, -0.15) is 0 Å². The van der Waals surface area contributed by atoms with E-state index in [1.807, 2.05) is 24.3 Å². The highest BCUT2D eigenvalue weighted by atomic mass is 16.5. The predicted molar refractivity (Wildman–Crippen MR) is 133 cm³/mol. The second-order valence-electron chi connectivity index (χ2n) is 9.45.